The lowest BCUT2D eigenvalue weighted by Crippen LogP contribution is -2.49. The van der Waals surface area contributed by atoms with Crippen LogP contribution in [0.15, 0.2) is 11.8 Å². The van der Waals surface area contributed by atoms with Crippen LogP contribution in [0.3, 0.4) is 0 Å². The zero-order valence-corrected chi connectivity index (χ0v) is 12.3. The van der Waals surface area contributed by atoms with Gasteiger partial charge in [0.1, 0.15) is 0 Å². The number of carbonyl (C=O) groups excluding carboxylic acids is 1. The minimum Gasteiger partial charge on any atom is -0.328 e. The Morgan fingerprint density at radius 3 is 2.95 bits per heavy atom. The molecule has 4 nitrogen and oxygen atoms in total. The number of nitrogens with zero attached hydrogens (tertiary/aromatic N) is 2. The quantitative estimate of drug-likeness (QED) is 0.842. The van der Waals surface area contributed by atoms with Gasteiger partial charge in [-0.15, -0.1) is 0 Å². The van der Waals surface area contributed by atoms with Crippen molar-refractivity contribution < 1.29 is 4.79 Å². The molecule has 1 heterocycles. The summed E-state index contributed by atoms with van der Waals surface area (Å²) in [5.74, 6) is 0.248. The number of hydrogen-bond donors (Lipinski definition) is 1. The number of piperidine rings is 1. The fourth-order valence-corrected chi connectivity index (χ4v) is 3.19. The van der Waals surface area contributed by atoms with Crippen LogP contribution in [0.1, 0.15) is 46.0 Å². The topological polar surface area (TPSA) is 49.6 Å². The first-order valence-corrected chi connectivity index (χ1v) is 7.60. The molecule has 2 aliphatic rings. The molecule has 2 atom stereocenters. The lowest BCUT2D eigenvalue weighted by molar-refractivity contribution is -0.131. The van der Waals surface area contributed by atoms with E-state index in [2.05, 4.69) is 24.8 Å². The van der Waals surface area contributed by atoms with Crippen molar-refractivity contribution in [2.24, 2.45) is 5.73 Å². The van der Waals surface area contributed by atoms with E-state index >= 15 is 0 Å². The van der Waals surface area contributed by atoms with E-state index in [1.165, 1.54) is 12.1 Å². The maximum Gasteiger partial charge on any atom is 0.240 e. The zero-order chi connectivity index (χ0) is 13.8. The van der Waals surface area contributed by atoms with Crippen LogP contribution in [-0.4, -0.2) is 47.4 Å². The smallest absolute Gasteiger partial charge is 0.240 e. The predicted octanol–water partition coefficient (Wildman–Crippen LogP) is 1.71. The molecule has 0 aromatic heterocycles. The molecule has 0 aromatic rings. The normalized spacial score (nSPS) is 28.3. The highest BCUT2D eigenvalue weighted by Gasteiger charge is 2.27. The summed E-state index contributed by atoms with van der Waals surface area (Å²) in [5.41, 5.74) is 7.20. The van der Waals surface area contributed by atoms with Crippen molar-refractivity contribution in [1.82, 2.24) is 9.80 Å². The van der Waals surface area contributed by atoms with Crippen molar-refractivity contribution in [3.05, 3.63) is 11.8 Å². The standard InChI is InChI=1S/C15H27N3O/c1-3-18(14-6-4-5-7-14)15(19)11-17-9-8-13(16)10-12(17)2/h6,12-13H,3-5,7-11,16H2,1-2H3. The fraction of sp³-hybridized carbons (Fsp3) is 0.800. The Balaban J connectivity index is 1.92. The summed E-state index contributed by atoms with van der Waals surface area (Å²) in [5, 5.41) is 0. The molecule has 1 aliphatic heterocycles. The molecule has 0 radical (unpaired) electrons. The van der Waals surface area contributed by atoms with Crippen LogP contribution in [0, 0.1) is 0 Å². The highest BCUT2D eigenvalue weighted by Crippen LogP contribution is 2.22. The SMILES string of the molecule is CCN(C(=O)CN1CCC(N)CC1C)C1=CCCC1. The van der Waals surface area contributed by atoms with Gasteiger partial charge >= 0.3 is 0 Å². The van der Waals surface area contributed by atoms with Gasteiger partial charge in [0.2, 0.25) is 5.91 Å². The van der Waals surface area contributed by atoms with Crippen molar-refractivity contribution in [1.29, 1.82) is 0 Å². The summed E-state index contributed by atoms with van der Waals surface area (Å²) >= 11 is 0. The van der Waals surface area contributed by atoms with Crippen LogP contribution in [0.4, 0.5) is 0 Å². The summed E-state index contributed by atoms with van der Waals surface area (Å²) in [6.07, 6.45) is 7.59. The third-order valence-corrected chi connectivity index (χ3v) is 4.37. The van der Waals surface area contributed by atoms with E-state index in [-0.39, 0.29) is 5.91 Å². The first-order valence-electron chi connectivity index (χ1n) is 7.60. The Morgan fingerprint density at radius 2 is 2.37 bits per heavy atom. The van der Waals surface area contributed by atoms with Gasteiger partial charge < -0.3 is 10.6 Å². The number of hydrogen-bond acceptors (Lipinski definition) is 3. The summed E-state index contributed by atoms with van der Waals surface area (Å²) in [6, 6.07) is 0.727. The van der Waals surface area contributed by atoms with E-state index in [1.54, 1.807) is 0 Å². The molecule has 1 fully saturated rings. The largest absolute Gasteiger partial charge is 0.328 e. The molecule has 1 saturated heterocycles. The van der Waals surface area contributed by atoms with Gasteiger partial charge in [0.05, 0.1) is 6.54 Å². The highest BCUT2D eigenvalue weighted by atomic mass is 16.2. The molecule has 0 saturated carbocycles. The number of amides is 1. The van der Waals surface area contributed by atoms with Gasteiger partial charge in [0, 0.05) is 30.9 Å². The molecule has 0 spiro atoms. The third kappa shape index (κ3) is 3.57. The maximum absolute atomic E-state index is 12.5. The van der Waals surface area contributed by atoms with E-state index < -0.39 is 0 Å². The summed E-state index contributed by atoms with van der Waals surface area (Å²) in [4.78, 5) is 16.7. The molecule has 2 unspecified atom stereocenters. The summed E-state index contributed by atoms with van der Waals surface area (Å²) in [7, 11) is 0. The molecule has 1 aliphatic carbocycles. The summed E-state index contributed by atoms with van der Waals surface area (Å²) < 4.78 is 0. The number of rotatable bonds is 4. The fourth-order valence-electron chi connectivity index (χ4n) is 3.19. The molecule has 4 heteroatoms. The number of carbonyl (C=O) groups is 1. The summed E-state index contributed by atoms with van der Waals surface area (Å²) in [6.45, 7) is 6.51. The average Bonchev–Trinajstić information content (AvgIpc) is 2.87. The zero-order valence-electron chi connectivity index (χ0n) is 12.3. The first-order chi connectivity index (χ1) is 9.11. The van der Waals surface area contributed by atoms with Crippen molar-refractivity contribution in [3.63, 3.8) is 0 Å². The van der Waals surface area contributed by atoms with Crippen LogP contribution < -0.4 is 5.73 Å². The predicted molar refractivity (Wildman–Crippen MR) is 77.6 cm³/mol. The van der Waals surface area contributed by atoms with Gasteiger partial charge in [-0.2, -0.15) is 0 Å². The van der Waals surface area contributed by atoms with Crippen molar-refractivity contribution in [3.8, 4) is 0 Å². The number of likely N-dealkylation sites (N-methyl/N-ethyl adjacent to an activating group) is 1. The van der Waals surface area contributed by atoms with Crippen LogP contribution in [-0.2, 0) is 4.79 Å². The van der Waals surface area contributed by atoms with Gasteiger partial charge in [-0.3, -0.25) is 9.69 Å². The molecule has 2 rings (SSSR count). The van der Waals surface area contributed by atoms with Crippen molar-refractivity contribution in [2.45, 2.75) is 58.0 Å². The lowest BCUT2D eigenvalue weighted by Gasteiger charge is -2.37. The van der Waals surface area contributed by atoms with Crippen LogP contribution >= 0.6 is 0 Å². The van der Waals surface area contributed by atoms with Gasteiger partial charge in [-0.25, -0.2) is 0 Å². The van der Waals surface area contributed by atoms with E-state index in [9.17, 15) is 4.79 Å². The highest BCUT2D eigenvalue weighted by molar-refractivity contribution is 5.80. The van der Waals surface area contributed by atoms with Crippen LogP contribution in [0.2, 0.25) is 0 Å². The Labute approximate surface area is 116 Å². The molecule has 0 aromatic carbocycles. The van der Waals surface area contributed by atoms with E-state index in [0.29, 0.717) is 18.6 Å². The Bertz CT molecular complexity index is 353. The van der Waals surface area contributed by atoms with Crippen molar-refractivity contribution >= 4 is 5.91 Å². The second-order valence-electron chi connectivity index (χ2n) is 5.83. The molecule has 1 amide bonds. The minimum absolute atomic E-state index is 0.248. The maximum atomic E-state index is 12.5. The lowest BCUT2D eigenvalue weighted by atomic mass is 9.99. The first kappa shape index (κ1) is 14.5. The molecule has 0 bridgehead atoms. The molecular weight excluding hydrogens is 238 g/mol. The van der Waals surface area contributed by atoms with Crippen LogP contribution in [0.25, 0.3) is 0 Å². The molecule has 2 N–H and O–H groups in total. The van der Waals surface area contributed by atoms with Crippen LogP contribution in [0.5, 0.6) is 0 Å². The van der Waals surface area contributed by atoms with Crippen molar-refractivity contribution in [2.75, 3.05) is 19.6 Å². The van der Waals surface area contributed by atoms with Gasteiger partial charge in [0.15, 0.2) is 0 Å². The second kappa shape index (κ2) is 6.53. The Morgan fingerprint density at radius 1 is 1.58 bits per heavy atom. The molecule has 108 valence electrons. The van der Waals surface area contributed by atoms with E-state index in [4.69, 9.17) is 5.73 Å². The van der Waals surface area contributed by atoms with Gasteiger partial charge in [-0.05, 0) is 46.0 Å². The number of nitrogens with two attached hydrogens (primary N) is 1. The average molecular weight is 265 g/mol. The number of allylic oxidation sites excluding steroid dienone is 2. The van der Waals surface area contributed by atoms with Gasteiger partial charge in [-0.1, -0.05) is 6.08 Å². The third-order valence-electron chi connectivity index (χ3n) is 4.37. The monoisotopic (exact) mass is 265 g/mol. The second-order valence-corrected chi connectivity index (χ2v) is 5.83. The van der Waals surface area contributed by atoms with E-state index in [0.717, 1.165) is 38.8 Å². The Kier molecular flexibility index (Phi) is 4.99. The van der Waals surface area contributed by atoms with Gasteiger partial charge in [0.25, 0.3) is 0 Å². The minimum atomic E-state index is 0.248. The molecule has 19 heavy (non-hydrogen) atoms. The molecular formula is C15H27N3O. The van der Waals surface area contributed by atoms with E-state index in [1.807, 2.05) is 4.90 Å². The Hall–Kier alpha value is -0.870. The number of likely N-dealkylation sites (tertiary alicyclic amines) is 1.